The minimum absolute atomic E-state index is 0.00836. The first-order chi connectivity index (χ1) is 17.1. The van der Waals surface area contributed by atoms with E-state index in [-0.39, 0.29) is 11.8 Å². The molecule has 5 rings (SSSR count). The molecule has 1 saturated heterocycles. The summed E-state index contributed by atoms with van der Waals surface area (Å²) in [5, 5.41) is 0.513. The zero-order valence-electron chi connectivity index (χ0n) is 19.6. The Morgan fingerprint density at radius 2 is 1.77 bits per heavy atom. The average Bonchev–Trinajstić information content (AvgIpc) is 3.45. The number of halogens is 1. The molecule has 1 aliphatic rings. The largest absolute Gasteiger partial charge is 0.497 e. The molecule has 0 unspecified atom stereocenters. The molecule has 7 nitrogen and oxygen atoms in total. The fourth-order valence-electron chi connectivity index (χ4n) is 4.57. The molecule has 1 aliphatic heterocycles. The van der Waals surface area contributed by atoms with Crippen molar-refractivity contribution in [2.24, 2.45) is 0 Å². The Morgan fingerprint density at radius 1 is 1.00 bits per heavy atom. The predicted molar refractivity (Wildman–Crippen MR) is 136 cm³/mol. The number of carbonyl (C=O) groups excluding carboxylic acids is 1. The zero-order chi connectivity index (χ0) is 24.4. The molecular formula is C27H26ClN3O4. The number of fused-ring (bicyclic) bond motifs is 1. The number of carbonyl (C=O) groups is 1. The van der Waals surface area contributed by atoms with Crippen molar-refractivity contribution in [1.29, 1.82) is 0 Å². The molecule has 180 valence electrons. The number of nitrogens with zero attached hydrogens (tertiary/aromatic N) is 3. The van der Waals surface area contributed by atoms with Gasteiger partial charge in [0.1, 0.15) is 18.2 Å². The van der Waals surface area contributed by atoms with Crippen molar-refractivity contribution in [2.75, 3.05) is 32.3 Å². The third-order valence-electron chi connectivity index (χ3n) is 6.26. The van der Waals surface area contributed by atoms with Gasteiger partial charge >= 0.3 is 0 Å². The third-order valence-corrected chi connectivity index (χ3v) is 6.58. The number of aromatic nitrogens is 2. The third kappa shape index (κ3) is 4.51. The van der Waals surface area contributed by atoms with Gasteiger partial charge in [0.25, 0.3) is 0 Å². The van der Waals surface area contributed by atoms with Gasteiger partial charge in [-0.1, -0.05) is 35.9 Å². The van der Waals surface area contributed by atoms with E-state index in [1.165, 1.54) is 0 Å². The van der Waals surface area contributed by atoms with Crippen molar-refractivity contribution in [3.8, 4) is 17.2 Å². The number of ether oxygens (including phenoxy) is 3. The van der Waals surface area contributed by atoms with E-state index in [0.717, 1.165) is 16.9 Å². The van der Waals surface area contributed by atoms with E-state index in [9.17, 15) is 4.79 Å². The van der Waals surface area contributed by atoms with E-state index in [1.807, 2.05) is 48.5 Å². The molecular weight excluding hydrogens is 466 g/mol. The van der Waals surface area contributed by atoms with Gasteiger partial charge in [-0.05, 0) is 36.4 Å². The Hall–Kier alpha value is -3.71. The summed E-state index contributed by atoms with van der Waals surface area (Å²) >= 11 is 6.44. The molecule has 0 bridgehead atoms. The molecule has 8 heteroatoms. The van der Waals surface area contributed by atoms with Gasteiger partial charge in [0.15, 0.2) is 11.5 Å². The fourth-order valence-corrected chi connectivity index (χ4v) is 4.78. The highest BCUT2D eigenvalue weighted by Crippen LogP contribution is 2.38. The Labute approximate surface area is 208 Å². The smallest absolute Gasteiger partial charge is 0.227 e. The van der Waals surface area contributed by atoms with E-state index in [2.05, 4.69) is 4.57 Å². The van der Waals surface area contributed by atoms with E-state index in [0.29, 0.717) is 54.1 Å². The van der Waals surface area contributed by atoms with Crippen LogP contribution < -0.4 is 19.1 Å². The lowest BCUT2D eigenvalue weighted by Crippen LogP contribution is -2.25. The van der Waals surface area contributed by atoms with E-state index in [4.69, 9.17) is 30.8 Å². The van der Waals surface area contributed by atoms with E-state index < -0.39 is 0 Å². The summed E-state index contributed by atoms with van der Waals surface area (Å²) < 4.78 is 18.9. The normalized spacial score (nSPS) is 15.6. The molecule has 2 heterocycles. The molecule has 0 saturated carbocycles. The predicted octanol–water partition coefficient (Wildman–Crippen LogP) is 5.31. The molecule has 1 aromatic heterocycles. The molecule has 4 aromatic rings. The number of rotatable bonds is 8. The van der Waals surface area contributed by atoms with Crippen molar-refractivity contribution in [3.63, 3.8) is 0 Å². The van der Waals surface area contributed by atoms with Crippen molar-refractivity contribution in [2.45, 2.75) is 18.9 Å². The van der Waals surface area contributed by atoms with Crippen molar-refractivity contribution in [3.05, 3.63) is 77.6 Å². The summed E-state index contributed by atoms with van der Waals surface area (Å²) in [6.45, 7) is 1.50. The lowest BCUT2D eigenvalue weighted by atomic mass is 10.1. The maximum atomic E-state index is 13.1. The number of methoxy groups -OCH3 is 2. The summed E-state index contributed by atoms with van der Waals surface area (Å²) in [7, 11) is 3.22. The molecule has 1 fully saturated rings. The second-order valence-corrected chi connectivity index (χ2v) is 8.74. The zero-order valence-corrected chi connectivity index (χ0v) is 20.4. The van der Waals surface area contributed by atoms with Crippen molar-refractivity contribution >= 4 is 34.2 Å². The van der Waals surface area contributed by atoms with Gasteiger partial charge in [-0.25, -0.2) is 4.98 Å². The minimum Gasteiger partial charge on any atom is -0.497 e. The molecule has 35 heavy (non-hydrogen) atoms. The maximum absolute atomic E-state index is 13.1. The van der Waals surface area contributed by atoms with Crippen LogP contribution in [0.1, 0.15) is 18.2 Å². The van der Waals surface area contributed by atoms with Gasteiger partial charge in [-0.3, -0.25) is 4.79 Å². The Kier molecular flexibility index (Phi) is 6.51. The fraction of sp³-hybridized carbons (Fsp3) is 0.259. The summed E-state index contributed by atoms with van der Waals surface area (Å²) in [5.74, 6) is 2.83. The minimum atomic E-state index is -0.0802. The standard InChI is InChI=1S/C27H26ClN3O4/c1-33-19-11-12-20(28)23(16-19)31-17-18(15-26(31)32)27-29-21-7-3-4-8-22(21)30(27)13-14-35-25-10-6-5-9-24(25)34-2/h3-12,16,18H,13-15,17H2,1-2H3/t18-/m1/s1. The lowest BCUT2D eigenvalue weighted by molar-refractivity contribution is -0.117. The van der Waals surface area contributed by atoms with Gasteiger partial charge < -0.3 is 23.7 Å². The molecule has 1 amide bonds. The number of benzene rings is 3. The monoisotopic (exact) mass is 491 g/mol. The van der Waals surface area contributed by atoms with Gasteiger partial charge in [0.2, 0.25) is 5.91 Å². The molecule has 0 spiro atoms. The first-order valence-electron chi connectivity index (χ1n) is 11.4. The summed E-state index contributed by atoms with van der Waals surface area (Å²) in [4.78, 5) is 19.7. The van der Waals surface area contributed by atoms with Crippen LogP contribution in [-0.4, -0.2) is 42.8 Å². The maximum Gasteiger partial charge on any atom is 0.227 e. The van der Waals surface area contributed by atoms with Crippen LogP contribution in [0.5, 0.6) is 17.2 Å². The second-order valence-electron chi connectivity index (χ2n) is 8.33. The SMILES string of the molecule is COc1ccc(Cl)c(N2C[C@H](c3nc4ccccc4n3CCOc3ccccc3OC)CC2=O)c1. The van der Waals surface area contributed by atoms with E-state index >= 15 is 0 Å². The number of hydrogen-bond donors (Lipinski definition) is 0. The van der Waals surface area contributed by atoms with Gasteiger partial charge in [-0.15, -0.1) is 0 Å². The van der Waals surface area contributed by atoms with Crippen LogP contribution in [0.2, 0.25) is 5.02 Å². The average molecular weight is 492 g/mol. The van der Waals surface area contributed by atoms with Crippen LogP contribution >= 0.6 is 11.6 Å². The molecule has 0 aliphatic carbocycles. The molecule has 1 atom stereocenters. The topological polar surface area (TPSA) is 65.8 Å². The Balaban J connectivity index is 1.42. The highest BCUT2D eigenvalue weighted by Gasteiger charge is 2.35. The lowest BCUT2D eigenvalue weighted by Gasteiger charge is -2.19. The van der Waals surface area contributed by atoms with Crippen molar-refractivity contribution < 1.29 is 19.0 Å². The second kappa shape index (κ2) is 9.88. The number of imidazole rings is 1. The van der Waals surface area contributed by atoms with Gasteiger partial charge in [0.05, 0.1) is 42.5 Å². The van der Waals surface area contributed by atoms with Gasteiger partial charge in [0, 0.05) is 24.9 Å². The first-order valence-corrected chi connectivity index (χ1v) is 11.8. The summed E-state index contributed by atoms with van der Waals surface area (Å²) in [6.07, 6.45) is 0.351. The quantitative estimate of drug-likeness (QED) is 0.334. The molecule has 3 aromatic carbocycles. The Bertz CT molecular complexity index is 1370. The van der Waals surface area contributed by atoms with Crippen LogP contribution in [-0.2, 0) is 11.3 Å². The molecule has 0 radical (unpaired) electrons. The summed E-state index contributed by atoms with van der Waals surface area (Å²) in [5.41, 5.74) is 2.56. The summed E-state index contributed by atoms with van der Waals surface area (Å²) in [6, 6.07) is 20.9. The number of anilines is 1. The Morgan fingerprint density at radius 3 is 2.57 bits per heavy atom. The molecule has 0 N–H and O–H groups in total. The van der Waals surface area contributed by atoms with Crippen LogP contribution in [0.25, 0.3) is 11.0 Å². The van der Waals surface area contributed by atoms with Crippen LogP contribution in [0.4, 0.5) is 5.69 Å². The highest BCUT2D eigenvalue weighted by atomic mass is 35.5. The number of amides is 1. The van der Waals surface area contributed by atoms with Crippen LogP contribution in [0.3, 0.4) is 0 Å². The van der Waals surface area contributed by atoms with E-state index in [1.54, 1.807) is 37.3 Å². The van der Waals surface area contributed by atoms with Crippen LogP contribution in [0, 0.1) is 0 Å². The first kappa shape index (κ1) is 23.1. The van der Waals surface area contributed by atoms with Gasteiger partial charge in [-0.2, -0.15) is 0 Å². The van der Waals surface area contributed by atoms with Crippen molar-refractivity contribution in [1.82, 2.24) is 9.55 Å². The highest BCUT2D eigenvalue weighted by molar-refractivity contribution is 6.34. The van der Waals surface area contributed by atoms with Crippen LogP contribution in [0.15, 0.2) is 66.7 Å². The number of hydrogen-bond acceptors (Lipinski definition) is 5. The number of para-hydroxylation sites is 4.